The Balaban J connectivity index is 1.89. The molecule has 2 heterocycles. The first-order valence-electron chi connectivity index (χ1n) is 9.45. The zero-order valence-electron chi connectivity index (χ0n) is 16.8. The number of hydrogen-bond acceptors (Lipinski definition) is 8. The first kappa shape index (κ1) is 20.6. The molecule has 3 aromatic rings. The fraction of sp³-hybridized carbons (Fsp3) is 0.263. The fourth-order valence-electron chi connectivity index (χ4n) is 3.75. The zero-order chi connectivity index (χ0) is 22.5. The van der Waals surface area contributed by atoms with E-state index in [2.05, 4.69) is 10.4 Å². The van der Waals surface area contributed by atoms with E-state index in [1.807, 2.05) is 6.92 Å². The number of carbonyl (C=O) groups is 1. The molecular weight excluding hydrogens is 424 g/mol. The predicted octanol–water partition coefficient (Wildman–Crippen LogP) is 2.19. The third kappa shape index (κ3) is 3.44. The second kappa shape index (κ2) is 7.23. The number of hydrogen-bond donors (Lipinski definition) is 2. The van der Waals surface area contributed by atoms with Crippen LogP contribution in [0.15, 0.2) is 36.5 Å². The highest BCUT2D eigenvalue weighted by molar-refractivity contribution is 7.89. The Morgan fingerprint density at radius 2 is 2.06 bits per heavy atom. The van der Waals surface area contributed by atoms with Crippen LogP contribution in [0.1, 0.15) is 23.7 Å². The normalized spacial score (nSPS) is 16.6. The Kier molecular flexibility index (Phi) is 4.81. The summed E-state index contributed by atoms with van der Waals surface area (Å²) in [7, 11) is -3.64. The Labute approximate surface area is 177 Å². The van der Waals surface area contributed by atoms with Crippen molar-refractivity contribution in [1.82, 2.24) is 9.19 Å². The van der Waals surface area contributed by atoms with Crippen LogP contribution in [-0.2, 0) is 10.0 Å². The maximum absolute atomic E-state index is 13.5. The highest BCUT2D eigenvalue weighted by atomic mass is 32.2. The lowest BCUT2D eigenvalue weighted by Crippen LogP contribution is -2.42. The number of anilines is 3. The van der Waals surface area contributed by atoms with Gasteiger partial charge in [-0.3, -0.25) is 14.9 Å². The van der Waals surface area contributed by atoms with Crippen LogP contribution in [0.2, 0.25) is 0 Å². The molecule has 3 N–H and O–H groups in total. The molecule has 162 valence electrons. The fourth-order valence-corrected chi connectivity index (χ4v) is 4.49. The van der Waals surface area contributed by atoms with Crippen LogP contribution in [0.5, 0.6) is 0 Å². The lowest BCUT2D eigenvalue weighted by atomic mass is 10.1. The summed E-state index contributed by atoms with van der Waals surface area (Å²) in [6.45, 7) is 2.30. The molecule has 31 heavy (non-hydrogen) atoms. The minimum Gasteiger partial charge on any atom is -0.393 e. The van der Waals surface area contributed by atoms with Gasteiger partial charge in [-0.05, 0) is 30.7 Å². The molecule has 0 spiro atoms. The van der Waals surface area contributed by atoms with Crippen LogP contribution in [0.3, 0.4) is 0 Å². The third-order valence-electron chi connectivity index (χ3n) is 5.29. The molecule has 12 heteroatoms. The van der Waals surface area contributed by atoms with Gasteiger partial charge < -0.3 is 16.0 Å². The van der Waals surface area contributed by atoms with Crippen LogP contribution in [-0.4, -0.2) is 47.3 Å². The average molecular weight is 444 g/mol. The molecular formula is C19H20N6O5S. The number of nitrogen functional groups attached to an aromatic ring is 1. The van der Waals surface area contributed by atoms with Gasteiger partial charge in [0, 0.05) is 29.4 Å². The Morgan fingerprint density at radius 1 is 1.32 bits per heavy atom. The van der Waals surface area contributed by atoms with Gasteiger partial charge in [0.15, 0.2) is 0 Å². The van der Waals surface area contributed by atoms with Crippen LogP contribution in [0, 0.1) is 10.1 Å². The van der Waals surface area contributed by atoms with Crippen molar-refractivity contribution in [1.29, 1.82) is 0 Å². The number of aromatic nitrogens is 2. The molecule has 1 amide bonds. The van der Waals surface area contributed by atoms with Gasteiger partial charge in [-0.15, -0.1) is 0 Å². The van der Waals surface area contributed by atoms with Gasteiger partial charge in [0.05, 0.1) is 34.5 Å². The maximum atomic E-state index is 13.5. The van der Waals surface area contributed by atoms with E-state index in [4.69, 9.17) is 5.73 Å². The van der Waals surface area contributed by atoms with Gasteiger partial charge in [0.25, 0.3) is 21.6 Å². The number of nitrogens with one attached hydrogen (secondary N) is 1. The summed E-state index contributed by atoms with van der Waals surface area (Å²) in [6.07, 6.45) is 3.07. The largest absolute Gasteiger partial charge is 0.393 e. The van der Waals surface area contributed by atoms with Crippen molar-refractivity contribution < 1.29 is 18.1 Å². The van der Waals surface area contributed by atoms with Crippen molar-refractivity contribution in [3.63, 3.8) is 0 Å². The van der Waals surface area contributed by atoms with Crippen LogP contribution < -0.4 is 16.0 Å². The summed E-state index contributed by atoms with van der Waals surface area (Å²) < 4.78 is 25.0. The molecule has 1 atom stereocenters. The summed E-state index contributed by atoms with van der Waals surface area (Å²) in [5.74, 6) is -0.445. The van der Waals surface area contributed by atoms with E-state index < -0.39 is 20.9 Å². The van der Waals surface area contributed by atoms with Crippen LogP contribution in [0.4, 0.5) is 22.7 Å². The highest BCUT2D eigenvalue weighted by Gasteiger charge is 2.32. The van der Waals surface area contributed by atoms with E-state index in [1.165, 1.54) is 23.2 Å². The Morgan fingerprint density at radius 3 is 2.71 bits per heavy atom. The van der Waals surface area contributed by atoms with E-state index in [0.29, 0.717) is 35.2 Å². The van der Waals surface area contributed by atoms with Crippen LogP contribution >= 0.6 is 0 Å². The summed E-state index contributed by atoms with van der Waals surface area (Å²) in [5, 5.41) is 19.0. The van der Waals surface area contributed by atoms with E-state index in [9.17, 15) is 23.3 Å². The topological polar surface area (TPSA) is 153 Å². The maximum Gasteiger partial charge on any atom is 0.293 e. The number of nitro benzene ring substituents is 1. The van der Waals surface area contributed by atoms with E-state index in [0.717, 1.165) is 10.3 Å². The van der Waals surface area contributed by atoms with Crippen molar-refractivity contribution in [2.24, 2.45) is 0 Å². The number of benzene rings is 2. The summed E-state index contributed by atoms with van der Waals surface area (Å²) in [6, 6.07) is 7.25. The molecule has 0 bridgehead atoms. The SMILES string of the molecule is CCC1CNc2cc(N)c([N+](=O)[O-])cc2C(=O)N1c1ccc2cnn(S(C)(=O)=O)c2c1. The lowest BCUT2D eigenvalue weighted by molar-refractivity contribution is -0.383. The molecule has 0 saturated carbocycles. The van der Waals surface area contributed by atoms with Crippen molar-refractivity contribution in [2.75, 3.05) is 28.8 Å². The lowest BCUT2D eigenvalue weighted by Gasteiger charge is -2.29. The van der Waals surface area contributed by atoms with E-state index >= 15 is 0 Å². The number of nitrogens with zero attached hydrogens (tertiary/aromatic N) is 4. The molecule has 1 aromatic heterocycles. The van der Waals surface area contributed by atoms with Crippen molar-refractivity contribution >= 4 is 49.6 Å². The molecule has 2 aromatic carbocycles. The molecule has 1 unspecified atom stereocenters. The second-order valence-electron chi connectivity index (χ2n) is 7.33. The average Bonchev–Trinajstić information content (AvgIpc) is 3.08. The van der Waals surface area contributed by atoms with Crippen LogP contribution in [0.25, 0.3) is 10.9 Å². The number of amides is 1. The van der Waals surface area contributed by atoms with E-state index in [1.54, 1.807) is 18.2 Å². The second-order valence-corrected chi connectivity index (χ2v) is 9.14. The van der Waals surface area contributed by atoms with Crippen molar-refractivity contribution in [3.05, 3.63) is 52.2 Å². The monoisotopic (exact) mass is 444 g/mol. The molecule has 1 aliphatic heterocycles. The molecule has 11 nitrogen and oxygen atoms in total. The Bertz CT molecular complexity index is 1330. The highest BCUT2D eigenvalue weighted by Crippen LogP contribution is 2.35. The standard InChI is InChI=1S/C19H20N6O5S/c1-3-12-10-21-16-8-15(20)18(25(27)28)7-14(16)19(26)23(12)13-5-4-11-9-22-24(17(11)6-13)31(2,29)30/h4-9,12,21H,3,10,20H2,1-2H3. The first-order valence-corrected chi connectivity index (χ1v) is 11.3. The molecule has 0 saturated heterocycles. The number of nitro groups is 1. The van der Waals surface area contributed by atoms with Crippen molar-refractivity contribution in [2.45, 2.75) is 19.4 Å². The minimum atomic E-state index is -3.64. The number of fused-ring (bicyclic) bond motifs is 2. The van der Waals surface area contributed by atoms with Gasteiger partial charge in [-0.1, -0.05) is 6.92 Å². The summed E-state index contributed by atoms with van der Waals surface area (Å²) >= 11 is 0. The van der Waals surface area contributed by atoms with Gasteiger partial charge >= 0.3 is 0 Å². The number of carbonyl (C=O) groups excluding carboxylic acids is 1. The predicted molar refractivity (Wildman–Crippen MR) is 117 cm³/mol. The molecule has 0 fully saturated rings. The summed E-state index contributed by atoms with van der Waals surface area (Å²) in [4.78, 5) is 25.8. The van der Waals surface area contributed by atoms with Crippen molar-refractivity contribution in [3.8, 4) is 0 Å². The van der Waals surface area contributed by atoms with Gasteiger partial charge in [-0.25, -0.2) is 8.42 Å². The number of rotatable bonds is 4. The Hall–Kier alpha value is -3.67. The molecule has 0 radical (unpaired) electrons. The van der Waals surface area contributed by atoms with Gasteiger partial charge in [0.2, 0.25) is 0 Å². The van der Waals surface area contributed by atoms with E-state index in [-0.39, 0.29) is 23.0 Å². The molecule has 1 aliphatic rings. The quantitative estimate of drug-likeness (QED) is 0.353. The summed E-state index contributed by atoms with van der Waals surface area (Å²) in [5.41, 5.74) is 6.73. The minimum absolute atomic E-state index is 0.0379. The third-order valence-corrected chi connectivity index (χ3v) is 6.21. The van der Waals surface area contributed by atoms with Gasteiger partial charge in [-0.2, -0.15) is 9.19 Å². The molecule has 4 rings (SSSR count). The molecule has 0 aliphatic carbocycles. The smallest absolute Gasteiger partial charge is 0.293 e. The zero-order valence-corrected chi connectivity index (χ0v) is 17.6. The number of nitrogens with two attached hydrogens (primary N) is 1. The first-order chi connectivity index (χ1) is 14.6. The van der Waals surface area contributed by atoms with Gasteiger partial charge in [0.1, 0.15) is 5.69 Å².